The Bertz CT molecular complexity index is 1170. The molecule has 1 aromatic carbocycles. The molecule has 1 fully saturated rings. The Morgan fingerprint density at radius 1 is 1.00 bits per heavy atom. The number of fused-ring (bicyclic) bond motifs is 1. The molecular formula is C24H29F3N6. The number of hydrogen-bond acceptors (Lipinski definition) is 6. The number of nitrogen functional groups attached to an aromatic ring is 1. The number of benzene rings is 1. The van der Waals surface area contributed by atoms with Crippen LogP contribution >= 0.6 is 0 Å². The van der Waals surface area contributed by atoms with Gasteiger partial charge in [-0.25, -0.2) is 15.0 Å². The first-order valence-electron chi connectivity index (χ1n) is 11.2. The molecule has 1 atom stereocenters. The van der Waals surface area contributed by atoms with Crippen LogP contribution in [0.4, 0.5) is 30.5 Å². The molecule has 3 N–H and O–H groups in total. The molecule has 3 aromatic rings. The lowest BCUT2D eigenvalue weighted by Crippen LogP contribution is -2.21. The molecular weight excluding hydrogens is 429 g/mol. The average molecular weight is 459 g/mol. The van der Waals surface area contributed by atoms with E-state index in [9.17, 15) is 13.2 Å². The van der Waals surface area contributed by atoms with E-state index in [1.807, 2.05) is 0 Å². The molecule has 0 spiro atoms. The van der Waals surface area contributed by atoms with Crippen LogP contribution < -0.4 is 16.0 Å². The van der Waals surface area contributed by atoms with Gasteiger partial charge in [-0.3, -0.25) is 0 Å². The van der Waals surface area contributed by atoms with Crippen molar-refractivity contribution in [1.29, 1.82) is 0 Å². The molecule has 0 aliphatic carbocycles. The van der Waals surface area contributed by atoms with Crippen molar-refractivity contribution in [2.24, 2.45) is 0 Å². The number of nitrogens with zero attached hydrogens (tertiary/aromatic N) is 4. The van der Waals surface area contributed by atoms with Crippen LogP contribution in [0.15, 0.2) is 24.3 Å². The van der Waals surface area contributed by atoms with E-state index >= 15 is 0 Å². The molecule has 0 radical (unpaired) electrons. The van der Waals surface area contributed by atoms with Gasteiger partial charge in [-0.2, -0.15) is 13.2 Å². The van der Waals surface area contributed by atoms with E-state index in [1.165, 1.54) is 0 Å². The van der Waals surface area contributed by atoms with Crippen molar-refractivity contribution < 1.29 is 13.2 Å². The predicted molar refractivity (Wildman–Crippen MR) is 126 cm³/mol. The van der Waals surface area contributed by atoms with Crippen molar-refractivity contribution in [1.82, 2.24) is 15.0 Å². The first kappa shape index (κ1) is 23.1. The number of anilines is 3. The summed E-state index contributed by atoms with van der Waals surface area (Å²) < 4.78 is 39.8. The van der Waals surface area contributed by atoms with E-state index in [4.69, 9.17) is 10.7 Å². The summed E-state index contributed by atoms with van der Waals surface area (Å²) in [5.41, 5.74) is 7.17. The third kappa shape index (κ3) is 4.82. The van der Waals surface area contributed by atoms with Gasteiger partial charge in [0.15, 0.2) is 5.65 Å². The van der Waals surface area contributed by atoms with E-state index in [-0.39, 0.29) is 11.6 Å². The number of rotatable bonds is 5. The van der Waals surface area contributed by atoms with Crippen LogP contribution in [0.1, 0.15) is 68.1 Å². The number of alkyl halides is 3. The van der Waals surface area contributed by atoms with Crippen LogP contribution in [0, 0.1) is 6.92 Å². The second-order valence-corrected chi connectivity index (χ2v) is 8.99. The highest BCUT2D eigenvalue weighted by molar-refractivity contribution is 5.89. The largest absolute Gasteiger partial charge is 0.416 e. The van der Waals surface area contributed by atoms with E-state index in [0.717, 1.165) is 54.8 Å². The molecule has 6 nitrogen and oxygen atoms in total. The molecule has 0 bridgehead atoms. The lowest BCUT2D eigenvalue weighted by Gasteiger charge is -2.23. The van der Waals surface area contributed by atoms with Gasteiger partial charge in [0.25, 0.3) is 0 Å². The Hall–Kier alpha value is -3.10. The van der Waals surface area contributed by atoms with E-state index in [1.54, 1.807) is 19.9 Å². The zero-order chi connectivity index (χ0) is 23.9. The average Bonchev–Trinajstić information content (AvgIpc) is 3.26. The standard InChI is InChI=1S/C24H29F3N6/c1-13(2)19-12-20-21(29-14(3)16-9-17(24(25,26)27)11-18(28)10-16)30-15(4)31-22(20)32-23(19)33-7-5-6-8-33/h9-14H,5-8,28H2,1-4H3,(H,29,30,31,32)/t14-/m1/s1. The van der Waals surface area contributed by atoms with Crippen LogP contribution in [-0.2, 0) is 6.18 Å². The summed E-state index contributed by atoms with van der Waals surface area (Å²) in [4.78, 5) is 16.3. The smallest absolute Gasteiger partial charge is 0.399 e. The minimum absolute atomic E-state index is 0.0659. The van der Waals surface area contributed by atoms with Gasteiger partial charge < -0.3 is 16.0 Å². The SMILES string of the molecule is Cc1nc(N[C@H](C)c2cc(N)cc(C(F)(F)F)c2)c2cc(C(C)C)c(N3CCCC3)nc2n1. The van der Waals surface area contributed by atoms with Crippen molar-refractivity contribution in [2.45, 2.75) is 58.7 Å². The number of aryl methyl sites for hydroxylation is 1. The molecule has 4 rings (SSSR count). The Kier molecular flexibility index (Phi) is 6.07. The molecule has 0 saturated carbocycles. The zero-order valence-electron chi connectivity index (χ0n) is 19.3. The quantitative estimate of drug-likeness (QED) is 0.468. The Balaban J connectivity index is 1.76. The minimum atomic E-state index is -4.47. The third-order valence-corrected chi connectivity index (χ3v) is 5.99. The van der Waals surface area contributed by atoms with Crippen molar-refractivity contribution in [2.75, 3.05) is 29.0 Å². The summed E-state index contributed by atoms with van der Waals surface area (Å²) in [7, 11) is 0. The van der Waals surface area contributed by atoms with Gasteiger partial charge in [0.1, 0.15) is 17.5 Å². The van der Waals surface area contributed by atoms with E-state index in [0.29, 0.717) is 22.9 Å². The fourth-order valence-corrected chi connectivity index (χ4v) is 4.27. The molecule has 1 saturated heterocycles. The van der Waals surface area contributed by atoms with Gasteiger partial charge in [0, 0.05) is 18.8 Å². The van der Waals surface area contributed by atoms with E-state index < -0.39 is 17.8 Å². The number of pyridine rings is 1. The summed E-state index contributed by atoms with van der Waals surface area (Å²) in [6.07, 6.45) is -2.18. The number of hydrogen-bond donors (Lipinski definition) is 2. The second-order valence-electron chi connectivity index (χ2n) is 8.99. The number of halogens is 3. The molecule has 1 aliphatic rings. The highest BCUT2D eigenvalue weighted by Gasteiger charge is 2.31. The topological polar surface area (TPSA) is 80.0 Å². The fraction of sp³-hybridized carbons (Fsp3) is 0.458. The maximum atomic E-state index is 13.3. The predicted octanol–water partition coefficient (Wildman–Crippen LogP) is 5.83. The fourth-order valence-electron chi connectivity index (χ4n) is 4.27. The van der Waals surface area contributed by atoms with Gasteiger partial charge in [-0.1, -0.05) is 13.8 Å². The molecule has 0 unspecified atom stereocenters. The van der Waals surface area contributed by atoms with Crippen LogP contribution in [0.3, 0.4) is 0 Å². The van der Waals surface area contributed by atoms with Crippen LogP contribution in [0.5, 0.6) is 0 Å². The Morgan fingerprint density at radius 2 is 1.70 bits per heavy atom. The van der Waals surface area contributed by atoms with Crippen molar-refractivity contribution >= 4 is 28.4 Å². The monoisotopic (exact) mass is 458 g/mol. The Labute approximate surface area is 191 Å². The maximum Gasteiger partial charge on any atom is 0.416 e. The molecule has 3 heterocycles. The summed E-state index contributed by atoms with van der Waals surface area (Å²) in [5.74, 6) is 2.28. The van der Waals surface area contributed by atoms with Gasteiger partial charge in [0.05, 0.1) is 17.0 Å². The van der Waals surface area contributed by atoms with Crippen molar-refractivity contribution in [3.05, 3.63) is 46.8 Å². The van der Waals surface area contributed by atoms with Gasteiger partial charge in [-0.05, 0) is 68.0 Å². The molecule has 9 heteroatoms. The molecule has 0 amide bonds. The molecule has 2 aromatic heterocycles. The maximum absolute atomic E-state index is 13.3. The first-order valence-corrected chi connectivity index (χ1v) is 11.2. The van der Waals surface area contributed by atoms with E-state index in [2.05, 4.69) is 40.1 Å². The summed E-state index contributed by atoms with van der Waals surface area (Å²) in [5, 5.41) is 4.02. The third-order valence-electron chi connectivity index (χ3n) is 5.99. The van der Waals surface area contributed by atoms with Gasteiger partial charge >= 0.3 is 6.18 Å². The van der Waals surface area contributed by atoms with Crippen LogP contribution in [-0.4, -0.2) is 28.0 Å². The Morgan fingerprint density at radius 3 is 2.33 bits per heavy atom. The summed E-state index contributed by atoms with van der Waals surface area (Å²) in [6, 6.07) is 5.21. The molecule has 1 aliphatic heterocycles. The molecule has 176 valence electrons. The number of nitrogens with two attached hydrogens (primary N) is 1. The second kappa shape index (κ2) is 8.68. The van der Waals surface area contributed by atoms with Crippen LogP contribution in [0.2, 0.25) is 0 Å². The number of aromatic nitrogens is 3. The van der Waals surface area contributed by atoms with Gasteiger partial charge in [-0.15, -0.1) is 0 Å². The molecule has 33 heavy (non-hydrogen) atoms. The lowest BCUT2D eigenvalue weighted by molar-refractivity contribution is -0.137. The van der Waals surface area contributed by atoms with Crippen molar-refractivity contribution in [3.63, 3.8) is 0 Å². The van der Waals surface area contributed by atoms with Crippen molar-refractivity contribution in [3.8, 4) is 0 Å². The highest BCUT2D eigenvalue weighted by Crippen LogP contribution is 2.36. The zero-order valence-corrected chi connectivity index (χ0v) is 19.3. The lowest BCUT2D eigenvalue weighted by atomic mass is 10.0. The summed E-state index contributed by atoms with van der Waals surface area (Å²) >= 11 is 0. The normalized spacial score (nSPS) is 15.5. The van der Waals surface area contributed by atoms with Crippen LogP contribution in [0.25, 0.3) is 11.0 Å². The first-order chi connectivity index (χ1) is 15.5. The number of nitrogens with one attached hydrogen (secondary N) is 1. The minimum Gasteiger partial charge on any atom is -0.399 e. The summed E-state index contributed by atoms with van der Waals surface area (Å²) in [6.45, 7) is 9.76. The van der Waals surface area contributed by atoms with Gasteiger partial charge in [0.2, 0.25) is 0 Å². The highest BCUT2D eigenvalue weighted by atomic mass is 19.4.